The fraction of sp³-hybridized carbons (Fsp3) is 0.538. The summed E-state index contributed by atoms with van der Waals surface area (Å²) in [6.45, 7) is 3.95. The number of hydrogen-bond acceptors (Lipinski definition) is 2. The zero-order valence-corrected chi connectivity index (χ0v) is 11.4. The molecule has 1 nitrogen and oxygen atoms in total. The molecular weight excluding hydrogens is 240 g/mol. The third-order valence-corrected chi connectivity index (χ3v) is 4.03. The van der Waals surface area contributed by atoms with Crippen LogP contribution in [-0.4, -0.2) is 10.9 Å². The van der Waals surface area contributed by atoms with Crippen LogP contribution < -0.4 is 0 Å². The third-order valence-electron chi connectivity index (χ3n) is 2.44. The molecule has 0 spiro atoms. The quantitative estimate of drug-likeness (QED) is 0.591. The highest BCUT2D eigenvalue weighted by atomic mass is 35.5. The van der Waals surface area contributed by atoms with Crippen LogP contribution in [-0.2, 0) is 0 Å². The summed E-state index contributed by atoms with van der Waals surface area (Å²) in [7, 11) is 0. The molecule has 0 unspecified atom stereocenters. The summed E-state index contributed by atoms with van der Waals surface area (Å²) < 4.78 is 0. The molecule has 90 valence electrons. The third kappa shape index (κ3) is 4.36. The minimum Gasteiger partial charge on any atom is -0.389 e. The van der Waals surface area contributed by atoms with Gasteiger partial charge in [0.1, 0.15) is 0 Å². The number of rotatable bonds is 6. The van der Waals surface area contributed by atoms with E-state index in [2.05, 4.69) is 6.92 Å². The molecule has 0 heterocycles. The standard InChI is InChI=1S/C13H19ClOS/c1-3-4-5-8-16-13-7-6-11(10(2)15)9-12(13)14/h6-7,9-10,15H,3-5,8H2,1-2H3/t10-/m1/s1. The number of unbranched alkanes of at least 4 members (excludes halogenated alkanes) is 2. The van der Waals surface area contributed by atoms with Crippen molar-refractivity contribution in [2.24, 2.45) is 0 Å². The molecule has 1 aromatic carbocycles. The Morgan fingerprint density at radius 1 is 1.38 bits per heavy atom. The minimum absolute atomic E-state index is 0.448. The molecule has 0 bridgehead atoms. The topological polar surface area (TPSA) is 20.2 Å². The molecule has 1 atom stereocenters. The lowest BCUT2D eigenvalue weighted by Crippen LogP contribution is -1.91. The van der Waals surface area contributed by atoms with Crippen LogP contribution in [0.15, 0.2) is 23.1 Å². The molecular formula is C13H19ClOS. The lowest BCUT2D eigenvalue weighted by molar-refractivity contribution is 0.199. The van der Waals surface area contributed by atoms with Gasteiger partial charge in [-0.1, -0.05) is 37.4 Å². The number of halogens is 1. The first-order chi connectivity index (χ1) is 7.65. The monoisotopic (exact) mass is 258 g/mol. The van der Waals surface area contributed by atoms with Crippen LogP contribution in [0.4, 0.5) is 0 Å². The molecule has 0 aliphatic heterocycles. The summed E-state index contributed by atoms with van der Waals surface area (Å²) in [6, 6.07) is 5.80. The van der Waals surface area contributed by atoms with Crippen molar-refractivity contribution in [2.75, 3.05) is 5.75 Å². The first kappa shape index (κ1) is 13.9. The van der Waals surface area contributed by atoms with E-state index in [0.29, 0.717) is 0 Å². The maximum absolute atomic E-state index is 9.42. The molecule has 0 fully saturated rings. The molecule has 0 aliphatic carbocycles. The molecule has 1 rings (SSSR count). The molecule has 1 N–H and O–H groups in total. The van der Waals surface area contributed by atoms with Crippen molar-refractivity contribution in [1.29, 1.82) is 0 Å². The predicted molar refractivity (Wildman–Crippen MR) is 72.3 cm³/mol. The average molecular weight is 259 g/mol. The van der Waals surface area contributed by atoms with Gasteiger partial charge < -0.3 is 5.11 Å². The van der Waals surface area contributed by atoms with Gasteiger partial charge in [0.15, 0.2) is 0 Å². The van der Waals surface area contributed by atoms with Crippen LogP contribution in [0.25, 0.3) is 0 Å². The summed E-state index contributed by atoms with van der Waals surface area (Å²) in [5, 5.41) is 10.2. The highest BCUT2D eigenvalue weighted by molar-refractivity contribution is 7.99. The van der Waals surface area contributed by atoms with Crippen LogP contribution in [0.1, 0.15) is 44.8 Å². The average Bonchev–Trinajstić information content (AvgIpc) is 2.26. The maximum atomic E-state index is 9.42. The molecule has 0 aromatic heterocycles. The minimum atomic E-state index is -0.448. The van der Waals surface area contributed by atoms with E-state index in [0.717, 1.165) is 21.2 Å². The molecule has 0 amide bonds. The fourth-order valence-corrected chi connectivity index (χ4v) is 2.71. The zero-order chi connectivity index (χ0) is 12.0. The largest absolute Gasteiger partial charge is 0.389 e. The summed E-state index contributed by atoms with van der Waals surface area (Å²) in [5.74, 6) is 1.11. The lowest BCUT2D eigenvalue weighted by atomic mass is 10.1. The normalized spacial score (nSPS) is 12.8. The SMILES string of the molecule is CCCCCSc1ccc([C@@H](C)O)cc1Cl. The van der Waals surface area contributed by atoms with Crippen molar-refractivity contribution in [3.05, 3.63) is 28.8 Å². The summed E-state index contributed by atoms with van der Waals surface area (Å²) in [6.07, 6.45) is 3.30. The Morgan fingerprint density at radius 2 is 2.12 bits per heavy atom. The first-order valence-electron chi connectivity index (χ1n) is 5.75. The summed E-state index contributed by atoms with van der Waals surface area (Å²) >= 11 is 7.95. The van der Waals surface area contributed by atoms with Gasteiger partial charge >= 0.3 is 0 Å². The Bertz CT molecular complexity index is 326. The Balaban J connectivity index is 2.54. The van der Waals surface area contributed by atoms with Crippen molar-refractivity contribution >= 4 is 23.4 Å². The lowest BCUT2D eigenvalue weighted by Gasteiger charge is -2.08. The highest BCUT2D eigenvalue weighted by Crippen LogP contribution is 2.30. The van der Waals surface area contributed by atoms with E-state index in [9.17, 15) is 5.11 Å². The molecule has 1 aromatic rings. The van der Waals surface area contributed by atoms with Gasteiger partial charge in [-0.2, -0.15) is 0 Å². The number of benzene rings is 1. The molecule has 3 heteroatoms. The van der Waals surface area contributed by atoms with E-state index in [-0.39, 0.29) is 0 Å². The van der Waals surface area contributed by atoms with Gasteiger partial charge in [-0.15, -0.1) is 11.8 Å². The number of hydrogen-bond donors (Lipinski definition) is 1. The van der Waals surface area contributed by atoms with Crippen LogP contribution in [0.3, 0.4) is 0 Å². The maximum Gasteiger partial charge on any atom is 0.0762 e. The van der Waals surface area contributed by atoms with E-state index < -0.39 is 6.10 Å². The highest BCUT2D eigenvalue weighted by Gasteiger charge is 2.05. The van der Waals surface area contributed by atoms with Gasteiger partial charge in [-0.05, 0) is 36.8 Å². The Kier molecular flexibility index (Phi) is 6.25. The van der Waals surface area contributed by atoms with Crippen molar-refractivity contribution in [2.45, 2.75) is 44.1 Å². The second-order valence-electron chi connectivity index (χ2n) is 3.92. The summed E-state index contributed by atoms with van der Waals surface area (Å²) in [5.41, 5.74) is 0.878. The van der Waals surface area contributed by atoms with E-state index in [1.165, 1.54) is 19.3 Å². The molecule has 0 saturated heterocycles. The van der Waals surface area contributed by atoms with E-state index in [4.69, 9.17) is 11.6 Å². The van der Waals surface area contributed by atoms with Crippen molar-refractivity contribution < 1.29 is 5.11 Å². The van der Waals surface area contributed by atoms with Gasteiger partial charge in [0.2, 0.25) is 0 Å². The van der Waals surface area contributed by atoms with Crippen LogP contribution in [0.5, 0.6) is 0 Å². The first-order valence-corrected chi connectivity index (χ1v) is 7.11. The van der Waals surface area contributed by atoms with E-state index >= 15 is 0 Å². The van der Waals surface area contributed by atoms with Crippen molar-refractivity contribution in [3.63, 3.8) is 0 Å². The second-order valence-corrected chi connectivity index (χ2v) is 5.47. The molecule has 0 aliphatic rings. The smallest absolute Gasteiger partial charge is 0.0762 e. The van der Waals surface area contributed by atoms with E-state index in [1.807, 2.05) is 18.2 Å². The number of aliphatic hydroxyl groups excluding tert-OH is 1. The van der Waals surface area contributed by atoms with Gasteiger partial charge in [-0.3, -0.25) is 0 Å². The second kappa shape index (κ2) is 7.21. The van der Waals surface area contributed by atoms with Crippen LogP contribution in [0.2, 0.25) is 5.02 Å². The molecule has 0 saturated carbocycles. The van der Waals surface area contributed by atoms with Crippen molar-refractivity contribution in [3.8, 4) is 0 Å². The van der Waals surface area contributed by atoms with E-state index in [1.54, 1.807) is 18.7 Å². The van der Waals surface area contributed by atoms with Crippen LogP contribution >= 0.6 is 23.4 Å². The predicted octanol–water partition coefficient (Wildman–Crippen LogP) is 4.68. The Hall–Kier alpha value is -0.180. The van der Waals surface area contributed by atoms with Gasteiger partial charge in [-0.25, -0.2) is 0 Å². The van der Waals surface area contributed by atoms with Crippen LogP contribution in [0, 0.1) is 0 Å². The Morgan fingerprint density at radius 3 is 2.69 bits per heavy atom. The van der Waals surface area contributed by atoms with Crippen molar-refractivity contribution in [1.82, 2.24) is 0 Å². The zero-order valence-electron chi connectivity index (χ0n) is 9.87. The number of aliphatic hydroxyl groups is 1. The van der Waals surface area contributed by atoms with Gasteiger partial charge in [0.25, 0.3) is 0 Å². The molecule has 16 heavy (non-hydrogen) atoms. The Labute approximate surface area is 107 Å². The fourth-order valence-electron chi connectivity index (χ4n) is 1.43. The van der Waals surface area contributed by atoms with Gasteiger partial charge in [0, 0.05) is 4.90 Å². The number of thioether (sulfide) groups is 1. The summed E-state index contributed by atoms with van der Waals surface area (Å²) in [4.78, 5) is 1.11. The molecule has 0 radical (unpaired) electrons. The van der Waals surface area contributed by atoms with Gasteiger partial charge in [0.05, 0.1) is 11.1 Å².